The Hall–Kier alpha value is -2.84. The Morgan fingerprint density at radius 2 is 1.57 bits per heavy atom. The van der Waals surface area contributed by atoms with Crippen molar-refractivity contribution in [2.75, 3.05) is 0 Å². The molecule has 3 aromatic carbocycles. The van der Waals surface area contributed by atoms with Gasteiger partial charge in [0.15, 0.2) is 0 Å². The van der Waals surface area contributed by atoms with E-state index in [-0.39, 0.29) is 0 Å². The number of hydrogen-bond acceptors (Lipinski definition) is 1. The first-order chi connectivity index (χ1) is 13.5. The van der Waals surface area contributed by atoms with Gasteiger partial charge in [-0.05, 0) is 73.4 Å². The molecule has 0 saturated carbocycles. The second-order valence-electron chi connectivity index (χ2n) is 7.31. The van der Waals surface area contributed by atoms with E-state index in [1.807, 2.05) is 30.3 Å². The van der Waals surface area contributed by atoms with Crippen molar-refractivity contribution in [1.82, 2.24) is 9.55 Å². The first-order valence-corrected chi connectivity index (χ1v) is 9.85. The highest BCUT2D eigenvalue weighted by Gasteiger charge is 2.12. The molecule has 28 heavy (non-hydrogen) atoms. The van der Waals surface area contributed by atoms with Gasteiger partial charge in [0.05, 0.1) is 17.6 Å². The number of hydrogen-bond donors (Lipinski definition) is 0. The number of halogens is 1. The van der Waals surface area contributed by atoms with Crippen LogP contribution in [0.2, 0.25) is 5.02 Å². The summed E-state index contributed by atoms with van der Waals surface area (Å²) < 4.78 is 2.30. The third-order valence-corrected chi connectivity index (χ3v) is 5.39. The third kappa shape index (κ3) is 3.74. The van der Waals surface area contributed by atoms with Crippen LogP contribution in [-0.2, 0) is 6.54 Å². The van der Waals surface area contributed by atoms with Crippen LogP contribution >= 0.6 is 11.6 Å². The summed E-state index contributed by atoms with van der Waals surface area (Å²) in [5, 5.41) is 0.745. The monoisotopic (exact) mass is 386 g/mol. The summed E-state index contributed by atoms with van der Waals surface area (Å²) in [6, 6.07) is 20.7. The van der Waals surface area contributed by atoms with E-state index >= 15 is 0 Å². The molecule has 2 nitrogen and oxygen atoms in total. The maximum Gasteiger partial charge on any atom is 0.134 e. The van der Waals surface area contributed by atoms with Crippen LogP contribution < -0.4 is 0 Å². The summed E-state index contributed by atoms with van der Waals surface area (Å²) in [7, 11) is 0. The van der Waals surface area contributed by atoms with Crippen molar-refractivity contribution >= 4 is 34.8 Å². The molecule has 0 aliphatic rings. The maximum absolute atomic E-state index is 6.00. The number of nitrogens with zero attached hydrogens (tertiary/aromatic N) is 2. The third-order valence-electron chi connectivity index (χ3n) is 5.14. The molecule has 1 aromatic heterocycles. The number of imidazole rings is 1. The SMILES string of the molecule is Cc1cc(C)c(Cn2c(C=Cc3ccc(Cl)cc3)nc3ccccc32)c(C)c1. The first-order valence-electron chi connectivity index (χ1n) is 9.47. The fraction of sp³-hybridized carbons (Fsp3) is 0.160. The summed E-state index contributed by atoms with van der Waals surface area (Å²) in [4.78, 5) is 4.87. The summed E-state index contributed by atoms with van der Waals surface area (Å²) >= 11 is 6.00. The van der Waals surface area contributed by atoms with Crippen molar-refractivity contribution in [3.63, 3.8) is 0 Å². The zero-order valence-electron chi connectivity index (χ0n) is 16.4. The van der Waals surface area contributed by atoms with Gasteiger partial charge in [-0.2, -0.15) is 0 Å². The zero-order chi connectivity index (χ0) is 19.7. The number of rotatable bonds is 4. The van der Waals surface area contributed by atoms with Crippen LogP contribution in [0.15, 0.2) is 60.7 Å². The largest absolute Gasteiger partial charge is 0.320 e. The fourth-order valence-corrected chi connectivity index (χ4v) is 3.88. The van der Waals surface area contributed by atoms with Gasteiger partial charge in [-0.15, -0.1) is 0 Å². The van der Waals surface area contributed by atoms with Crippen LogP contribution in [0, 0.1) is 20.8 Å². The maximum atomic E-state index is 6.00. The van der Waals surface area contributed by atoms with Crippen molar-refractivity contribution in [3.05, 3.63) is 99.3 Å². The molecule has 0 atom stereocenters. The Morgan fingerprint density at radius 3 is 2.29 bits per heavy atom. The molecule has 0 unspecified atom stereocenters. The predicted molar refractivity (Wildman–Crippen MR) is 120 cm³/mol. The number of aromatic nitrogens is 2. The van der Waals surface area contributed by atoms with Crippen LogP contribution in [-0.4, -0.2) is 9.55 Å². The van der Waals surface area contributed by atoms with Crippen molar-refractivity contribution in [2.45, 2.75) is 27.3 Å². The molecule has 1 heterocycles. The van der Waals surface area contributed by atoms with Gasteiger partial charge in [-0.1, -0.05) is 59.6 Å². The van der Waals surface area contributed by atoms with Crippen molar-refractivity contribution in [3.8, 4) is 0 Å². The van der Waals surface area contributed by atoms with E-state index in [0.717, 1.165) is 34.0 Å². The molecule has 0 amide bonds. The molecule has 0 saturated heterocycles. The molecule has 0 bridgehead atoms. The lowest BCUT2D eigenvalue weighted by atomic mass is 9.99. The summed E-state index contributed by atoms with van der Waals surface area (Å²) in [6.07, 6.45) is 4.17. The van der Waals surface area contributed by atoms with Crippen molar-refractivity contribution in [1.29, 1.82) is 0 Å². The standard InChI is InChI=1S/C25H23ClN2/c1-17-14-18(2)22(19(3)15-17)16-28-24-7-5-4-6-23(24)27-25(28)13-10-20-8-11-21(26)12-9-20/h4-15H,16H2,1-3H3. The highest BCUT2D eigenvalue weighted by atomic mass is 35.5. The first kappa shape index (κ1) is 18.5. The Labute approximate surface area is 171 Å². The molecule has 3 heteroatoms. The lowest BCUT2D eigenvalue weighted by molar-refractivity contribution is 0.802. The van der Waals surface area contributed by atoms with E-state index in [0.29, 0.717) is 0 Å². The Bertz CT molecular complexity index is 1140. The van der Waals surface area contributed by atoms with Gasteiger partial charge in [0, 0.05) is 5.02 Å². The second kappa shape index (κ2) is 7.65. The van der Waals surface area contributed by atoms with Crippen LogP contribution in [0.25, 0.3) is 23.2 Å². The topological polar surface area (TPSA) is 17.8 Å². The lowest BCUT2D eigenvalue weighted by Crippen LogP contribution is -2.06. The number of fused-ring (bicyclic) bond motifs is 1. The molecule has 4 aromatic rings. The van der Waals surface area contributed by atoms with E-state index in [2.05, 4.69) is 67.8 Å². The van der Waals surface area contributed by atoms with Gasteiger partial charge in [0.1, 0.15) is 5.82 Å². The minimum absolute atomic E-state index is 0.745. The number of para-hydroxylation sites is 2. The Kier molecular flexibility index (Phi) is 5.06. The van der Waals surface area contributed by atoms with Gasteiger partial charge >= 0.3 is 0 Å². The van der Waals surface area contributed by atoms with Gasteiger partial charge < -0.3 is 4.57 Å². The van der Waals surface area contributed by atoms with E-state index in [9.17, 15) is 0 Å². The number of aryl methyl sites for hydroxylation is 3. The van der Waals surface area contributed by atoms with Crippen LogP contribution in [0.4, 0.5) is 0 Å². The minimum atomic E-state index is 0.745. The number of benzene rings is 3. The molecule has 0 aliphatic heterocycles. The smallest absolute Gasteiger partial charge is 0.134 e. The molecule has 0 fully saturated rings. The molecule has 140 valence electrons. The van der Waals surface area contributed by atoms with E-state index < -0.39 is 0 Å². The Balaban J connectivity index is 1.79. The quantitative estimate of drug-likeness (QED) is 0.375. The summed E-state index contributed by atoms with van der Waals surface area (Å²) in [6.45, 7) is 7.34. The molecular weight excluding hydrogens is 364 g/mol. The van der Waals surface area contributed by atoms with Crippen LogP contribution in [0.1, 0.15) is 33.6 Å². The average Bonchev–Trinajstić information content (AvgIpc) is 3.01. The highest BCUT2D eigenvalue weighted by Crippen LogP contribution is 2.23. The molecular formula is C25H23ClN2. The van der Waals surface area contributed by atoms with Gasteiger partial charge in [-0.3, -0.25) is 0 Å². The van der Waals surface area contributed by atoms with Gasteiger partial charge in [0.2, 0.25) is 0 Å². The molecule has 0 spiro atoms. The predicted octanol–water partition coefficient (Wildman–Crippen LogP) is 6.83. The fourth-order valence-electron chi connectivity index (χ4n) is 3.75. The van der Waals surface area contributed by atoms with Gasteiger partial charge in [0.25, 0.3) is 0 Å². The highest BCUT2D eigenvalue weighted by molar-refractivity contribution is 6.30. The second-order valence-corrected chi connectivity index (χ2v) is 7.74. The van der Waals surface area contributed by atoms with Gasteiger partial charge in [-0.25, -0.2) is 4.98 Å². The van der Waals surface area contributed by atoms with Crippen LogP contribution in [0.5, 0.6) is 0 Å². The van der Waals surface area contributed by atoms with Crippen molar-refractivity contribution in [2.24, 2.45) is 0 Å². The van der Waals surface area contributed by atoms with E-state index in [1.54, 1.807) is 0 Å². The normalized spacial score (nSPS) is 11.6. The summed E-state index contributed by atoms with van der Waals surface area (Å²) in [5.41, 5.74) is 8.57. The summed E-state index contributed by atoms with van der Waals surface area (Å²) in [5.74, 6) is 0.954. The van der Waals surface area contributed by atoms with E-state index in [1.165, 1.54) is 22.3 Å². The molecule has 0 radical (unpaired) electrons. The zero-order valence-corrected chi connectivity index (χ0v) is 17.2. The minimum Gasteiger partial charge on any atom is -0.320 e. The molecule has 0 N–H and O–H groups in total. The molecule has 4 rings (SSSR count). The van der Waals surface area contributed by atoms with Crippen LogP contribution in [0.3, 0.4) is 0 Å². The molecule has 0 aliphatic carbocycles. The van der Waals surface area contributed by atoms with E-state index in [4.69, 9.17) is 16.6 Å². The van der Waals surface area contributed by atoms with Crippen molar-refractivity contribution < 1.29 is 0 Å². The lowest BCUT2D eigenvalue weighted by Gasteiger charge is -2.14. The average molecular weight is 387 g/mol. The Morgan fingerprint density at radius 1 is 0.893 bits per heavy atom.